The van der Waals surface area contributed by atoms with Gasteiger partial charge in [-0.15, -0.1) is 0 Å². The average Bonchev–Trinajstić information content (AvgIpc) is 2.37. The molecular formula is C9H15IO. The molecule has 0 bridgehead atoms. The van der Waals surface area contributed by atoms with Crippen LogP contribution in [0.4, 0.5) is 0 Å². The quantitative estimate of drug-likeness (QED) is 0.329. The summed E-state index contributed by atoms with van der Waals surface area (Å²) < 4.78 is 6.78. The molecular weight excluding hydrogens is 251 g/mol. The predicted molar refractivity (Wildman–Crippen MR) is 56.2 cm³/mol. The Hall–Kier alpha value is 0.430. The van der Waals surface area contributed by atoms with Gasteiger partial charge in [0.25, 0.3) is 0 Å². The summed E-state index contributed by atoms with van der Waals surface area (Å²) in [5, 5.41) is 0. The lowest BCUT2D eigenvalue weighted by molar-refractivity contribution is 0.105. The third-order valence-corrected chi connectivity index (χ3v) is 2.71. The maximum Gasteiger partial charge on any atom is 0.0679 e. The summed E-state index contributed by atoms with van der Waals surface area (Å²) >= 11 is 2.42. The molecule has 1 atom stereocenters. The second-order valence-electron chi connectivity index (χ2n) is 3.07. The highest BCUT2D eigenvalue weighted by molar-refractivity contribution is 14.1. The molecule has 0 aromatic heterocycles. The van der Waals surface area contributed by atoms with Crippen LogP contribution in [0.15, 0.2) is 12.2 Å². The maximum atomic E-state index is 5.51. The van der Waals surface area contributed by atoms with Crippen LogP contribution in [-0.2, 0) is 4.74 Å². The van der Waals surface area contributed by atoms with Crippen molar-refractivity contribution in [3.05, 3.63) is 12.2 Å². The molecule has 1 heterocycles. The monoisotopic (exact) mass is 266 g/mol. The van der Waals surface area contributed by atoms with Gasteiger partial charge in [-0.05, 0) is 29.3 Å². The van der Waals surface area contributed by atoms with E-state index in [4.69, 9.17) is 4.74 Å². The summed E-state index contributed by atoms with van der Waals surface area (Å²) in [7, 11) is 0. The minimum absolute atomic E-state index is 0.491. The molecule has 0 N–H and O–H groups in total. The van der Waals surface area contributed by atoms with Gasteiger partial charge in [0.1, 0.15) is 0 Å². The first kappa shape index (κ1) is 9.52. The van der Waals surface area contributed by atoms with Crippen LogP contribution in [0.1, 0.15) is 25.7 Å². The van der Waals surface area contributed by atoms with Crippen molar-refractivity contribution in [2.75, 3.05) is 11.0 Å². The van der Waals surface area contributed by atoms with E-state index in [1.165, 1.54) is 29.3 Å². The van der Waals surface area contributed by atoms with Gasteiger partial charge in [-0.2, -0.15) is 0 Å². The third kappa shape index (κ3) is 3.56. The summed E-state index contributed by atoms with van der Waals surface area (Å²) in [5.41, 5.74) is 1.27. The van der Waals surface area contributed by atoms with E-state index in [1.807, 2.05) is 0 Å². The third-order valence-electron chi connectivity index (χ3n) is 1.95. The minimum Gasteiger partial charge on any atom is -0.374 e. The molecule has 2 heteroatoms. The van der Waals surface area contributed by atoms with Crippen molar-refractivity contribution in [3.63, 3.8) is 0 Å². The number of halogens is 1. The Morgan fingerprint density at radius 3 is 2.91 bits per heavy atom. The standard InChI is InChI=1S/C9H15IO/c1-8-6-9(11-7-8)4-2-3-5-10/h9H,1-7H2. The van der Waals surface area contributed by atoms with E-state index in [0.29, 0.717) is 6.10 Å². The number of unbranched alkanes of at least 4 members (excludes halogenated alkanes) is 1. The van der Waals surface area contributed by atoms with Gasteiger partial charge >= 0.3 is 0 Å². The molecule has 0 radical (unpaired) electrons. The summed E-state index contributed by atoms with van der Waals surface area (Å²) in [4.78, 5) is 0. The molecule has 1 aliphatic heterocycles. The lowest BCUT2D eigenvalue weighted by Crippen LogP contribution is -2.03. The molecule has 1 fully saturated rings. The first-order chi connectivity index (χ1) is 5.33. The molecule has 0 aromatic rings. The first-order valence-electron chi connectivity index (χ1n) is 4.17. The summed E-state index contributed by atoms with van der Waals surface area (Å²) in [5.74, 6) is 0. The lowest BCUT2D eigenvalue weighted by Gasteiger charge is -2.06. The Morgan fingerprint density at radius 2 is 2.36 bits per heavy atom. The van der Waals surface area contributed by atoms with Gasteiger partial charge in [0, 0.05) is 0 Å². The van der Waals surface area contributed by atoms with Gasteiger partial charge in [-0.25, -0.2) is 0 Å². The Kier molecular flexibility index (Phi) is 4.45. The van der Waals surface area contributed by atoms with Crippen LogP contribution in [-0.4, -0.2) is 17.1 Å². The van der Waals surface area contributed by atoms with Gasteiger partial charge < -0.3 is 4.74 Å². The van der Waals surface area contributed by atoms with E-state index in [1.54, 1.807) is 0 Å². The second-order valence-corrected chi connectivity index (χ2v) is 4.15. The Bertz CT molecular complexity index is 134. The smallest absolute Gasteiger partial charge is 0.0679 e. The van der Waals surface area contributed by atoms with Crippen LogP contribution in [0.25, 0.3) is 0 Å². The molecule has 1 aliphatic rings. The van der Waals surface area contributed by atoms with E-state index in [9.17, 15) is 0 Å². The van der Waals surface area contributed by atoms with E-state index in [-0.39, 0.29) is 0 Å². The highest BCUT2D eigenvalue weighted by atomic mass is 127. The Morgan fingerprint density at radius 1 is 1.55 bits per heavy atom. The van der Waals surface area contributed by atoms with Crippen molar-refractivity contribution >= 4 is 22.6 Å². The molecule has 1 unspecified atom stereocenters. The van der Waals surface area contributed by atoms with Crippen molar-refractivity contribution in [2.45, 2.75) is 31.8 Å². The zero-order valence-electron chi connectivity index (χ0n) is 6.81. The summed E-state index contributed by atoms with van der Waals surface area (Å²) in [6.45, 7) is 4.71. The normalized spacial score (nSPS) is 24.5. The maximum absolute atomic E-state index is 5.51. The van der Waals surface area contributed by atoms with E-state index < -0.39 is 0 Å². The number of ether oxygens (including phenoxy) is 1. The highest BCUT2D eigenvalue weighted by Crippen LogP contribution is 2.21. The van der Waals surface area contributed by atoms with Crippen LogP contribution in [0, 0.1) is 0 Å². The molecule has 1 rings (SSSR count). The summed E-state index contributed by atoms with van der Waals surface area (Å²) in [6.07, 6.45) is 5.45. The van der Waals surface area contributed by atoms with Gasteiger partial charge in [0.05, 0.1) is 12.7 Å². The van der Waals surface area contributed by atoms with Crippen LogP contribution < -0.4 is 0 Å². The van der Waals surface area contributed by atoms with Crippen molar-refractivity contribution in [1.82, 2.24) is 0 Å². The second kappa shape index (κ2) is 5.14. The van der Waals surface area contributed by atoms with Crippen molar-refractivity contribution in [1.29, 1.82) is 0 Å². The fourth-order valence-electron chi connectivity index (χ4n) is 1.33. The number of alkyl halides is 1. The minimum atomic E-state index is 0.491. The first-order valence-corrected chi connectivity index (χ1v) is 5.69. The Balaban J connectivity index is 2.04. The van der Waals surface area contributed by atoms with Crippen LogP contribution in [0.3, 0.4) is 0 Å². The zero-order chi connectivity index (χ0) is 8.10. The fourth-order valence-corrected chi connectivity index (χ4v) is 1.87. The SMILES string of the molecule is C=C1COC(CCCCI)C1. The lowest BCUT2D eigenvalue weighted by atomic mass is 10.1. The largest absolute Gasteiger partial charge is 0.374 e. The molecule has 1 nitrogen and oxygen atoms in total. The van der Waals surface area contributed by atoms with Crippen molar-refractivity contribution < 1.29 is 4.74 Å². The average molecular weight is 266 g/mol. The highest BCUT2D eigenvalue weighted by Gasteiger charge is 2.17. The van der Waals surface area contributed by atoms with Gasteiger partial charge in [-0.1, -0.05) is 35.6 Å². The van der Waals surface area contributed by atoms with E-state index in [2.05, 4.69) is 29.2 Å². The Labute approximate surface area is 82.3 Å². The molecule has 0 saturated carbocycles. The molecule has 11 heavy (non-hydrogen) atoms. The van der Waals surface area contributed by atoms with Crippen molar-refractivity contribution in [3.8, 4) is 0 Å². The number of hydrogen-bond acceptors (Lipinski definition) is 1. The molecule has 1 saturated heterocycles. The van der Waals surface area contributed by atoms with Crippen LogP contribution >= 0.6 is 22.6 Å². The van der Waals surface area contributed by atoms with Gasteiger partial charge in [0.15, 0.2) is 0 Å². The number of hydrogen-bond donors (Lipinski definition) is 0. The fraction of sp³-hybridized carbons (Fsp3) is 0.778. The molecule has 64 valence electrons. The van der Waals surface area contributed by atoms with Gasteiger partial charge in [-0.3, -0.25) is 0 Å². The molecule has 0 aliphatic carbocycles. The molecule has 0 spiro atoms. The number of rotatable bonds is 4. The predicted octanol–water partition coefficient (Wildman–Crippen LogP) is 2.94. The van der Waals surface area contributed by atoms with Crippen LogP contribution in [0.2, 0.25) is 0 Å². The van der Waals surface area contributed by atoms with Gasteiger partial charge in [0.2, 0.25) is 0 Å². The molecule has 0 amide bonds. The van der Waals surface area contributed by atoms with E-state index >= 15 is 0 Å². The molecule has 0 aromatic carbocycles. The van der Waals surface area contributed by atoms with Crippen LogP contribution in [0.5, 0.6) is 0 Å². The zero-order valence-corrected chi connectivity index (χ0v) is 8.97. The summed E-state index contributed by atoms with van der Waals surface area (Å²) in [6, 6.07) is 0. The van der Waals surface area contributed by atoms with E-state index in [0.717, 1.165) is 13.0 Å². The topological polar surface area (TPSA) is 9.23 Å². The van der Waals surface area contributed by atoms with Crippen molar-refractivity contribution in [2.24, 2.45) is 0 Å².